The third-order valence-corrected chi connectivity index (χ3v) is 3.15. The highest BCUT2D eigenvalue weighted by molar-refractivity contribution is 9.10. The van der Waals surface area contributed by atoms with E-state index in [1.54, 1.807) is 18.3 Å². The fourth-order valence-corrected chi connectivity index (χ4v) is 2.24. The van der Waals surface area contributed by atoms with Crippen molar-refractivity contribution >= 4 is 27.5 Å². The normalized spacial score (nSPS) is 10.4. The lowest BCUT2D eigenvalue weighted by molar-refractivity contribution is 0.456. The van der Waals surface area contributed by atoms with E-state index in [-0.39, 0.29) is 0 Å². The third kappa shape index (κ3) is 3.22. The average molecular weight is 328 g/mol. The van der Waals surface area contributed by atoms with Crippen molar-refractivity contribution in [2.75, 3.05) is 6.54 Å². The van der Waals surface area contributed by atoms with E-state index in [4.69, 9.17) is 22.1 Å². The first-order valence-electron chi connectivity index (χ1n) is 5.47. The van der Waals surface area contributed by atoms with Crippen molar-refractivity contribution in [3.8, 4) is 11.6 Å². The minimum atomic E-state index is 0.536. The van der Waals surface area contributed by atoms with Crippen LogP contribution in [0.5, 0.6) is 11.6 Å². The summed E-state index contributed by atoms with van der Waals surface area (Å²) in [6.45, 7) is 0.552. The number of nitrogens with two attached hydrogens (primary N) is 1. The Kier molecular flexibility index (Phi) is 4.58. The molecule has 1 aromatic heterocycles. The molecule has 0 saturated heterocycles. The zero-order valence-electron chi connectivity index (χ0n) is 9.57. The summed E-state index contributed by atoms with van der Waals surface area (Å²) in [4.78, 5) is 4.21. The summed E-state index contributed by atoms with van der Waals surface area (Å²) in [5.74, 6) is 1.13. The summed E-state index contributed by atoms with van der Waals surface area (Å²) >= 11 is 9.45. The van der Waals surface area contributed by atoms with Crippen LogP contribution in [-0.2, 0) is 6.42 Å². The van der Waals surface area contributed by atoms with Crippen LogP contribution in [-0.4, -0.2) is 11.5 Å². The fourth-order valence-electron chi connectivity index (χ4n) is 1.52. The molecule has 2 rings (SSSR count). The molecule has 18 heavy (non-hydrogen) atoms. The summed E-state index contributed by atoms with van der Waals surface area (Å²) in [6.07, 6.45) is 2.40. The number of aromatic nitrogens is 1. The summed E-state index contributed by atoms with van der Waals surface area (Å²) in [7, 11) is 0. The van der Waals surface area contributed by atoms with E-state index < -0.39 is 0 Å². The van der Waals surface area contributed by atoms with Gasteiger partial charge in [0.2, 0.25) is 5.88 Å². The quantitative estimate of drug-likeness (QED) is 0.929. The number of hydrogen-bond donors (Lipinski definition) is 1. The van der Waals surface area contributed by atoms with Gasteiger partial charge in [-0.05, 0) is 37.2 Å². The molecule has 0 aliphatic carbocycles. The van der Waals surface area contributed by atoms with Crippen molar-refractivity contribution < 1.29 is 4.74 Å². The van der Waals surface area contributed by atoms with Crippen molar-refractivity contribution in [3.63, 3.8) is 0 Å². The fraction of sp³-hybridized carbons (Fsp3) is 0.154. The zero-order valence-corrected chi connectivity index (χ0v) is 11.9. The summed E-state index contributed by atoms with van der Waals surface area (Å²) in [5, 5.41) is 0.536. The molecule has 0 radical (unpaired) electrons. The van der Waals surface area contributed by atoms with E-state index in [2.05, 4.69) is 20.9 Å². The first-order chi connectivity index (χ1) is 8.70. The van der Waals surface area contributed by atoms with Crippen LogP contribution in [0.1, 0.15) is 5.56 Å². The van der Waals surface area contributed by atoms with Gasteiger partial charge >= 0.3 is 0 Å². The smallest absolute Gasteiger partial charge is 0.222 e. The minimum absolute atomic E-state index is 0.536. The topological polar surface area (TPSA) is 48.1 Å². The molecule has 0 spiro atoms. The van der Waals surface area contributed by atoms with Gasteiger partial charge in [-0.25, -0.2) is 4.98 Å². The van der Waals surface area contributed by atoms with Crippen molar-refractivity contribution in [1.82, 2.24) is 4.98 Å². The Labute approximate surface area is 119 Å². The maximum absolute atomic E-state index is 6.10. The maximum Gasteiger partial charge on any atom is 0.222 e. The number of nitrogens with zero attached hydrogens (tertiary/aromatic N) is 1. The van der Waals surface area contributed by atoms with E-state index >= 15 is 0 Å². The largest absolute Gasteiger partial charge is 0.437 e. The van der Waals surface area contributed by atoms with Gasteiger partial charge in [0.1, 0.15) is 5.75 Å². The lowest BCUT2D eigenvalue weighted by Gasteiger charge is -2.10. The first-order valence-corrected chi connectivity index (χ1v) is 6.64. The molecule has 1 heterocycles. The average Bonchev–Trinajstić information content (AvgIpc) is 2.35. The molecule has 94 valence electrons. The second-order valence-corrected chi connectivity index (χ2v) is 5.01. The first kappa shape index (κ1) is 13.3. The van der Waals surface area contributed by atoms with Crippen LogP contribution in [0.15, 0.2) is 41.0 Å². The SMILES string of the molecule is NCCc1cccnc1Oc1ccc(Br)cc1Cl. The predicted octanol–water partition coefficient (Wildman–Crippen LogP) is 3.79. The molecular weight excluding hydrogens is 316 g/mol. The molecular formula is C13H12BrClN2O. The summed E-state index contributed by atoms with van der Waals surface area (Å²) < 4.78 is 6.63. The van der Waals surface area contributed by atoms with Crippen LogP contribution in [0.3, 0.4) is 0 Å². The van der Waals surface area contributed by atoms with Gasteiger partial charge in [0.05, 0.1) is 5.02 Å². The van der Waals surface area contributed by atoms with Crippen LogP contribution < -0.4 is 10.5 Å². The third-order valence-electron chi connectivity index (χ3n) is 2.36. The molecule has 0 aliphatic rings. The lowest BCUT2D eigenvalue weighted by Crippen LogP contribution is -2.04. The van der Waals surface area contributed by atoms with Gasteiger partial charge in [-0.15, -0.1) is 0 Å². The summed E-state index contributed by atoms with van der Waals surface area (Å²) in [6, 6.07) is 9.26. The molecule has 0 atom stereocenters. The van der Waals surface area contributed by atoms with Crippen LogP contribution in [0.2, 0.25) is 5.02 Å². The molecule has 0 aliphatic heterocycles. The number of rotatable bonds is 4. The van der Waals surface area contributed by atoms with Gasteiger partial charge in [-0.2, -0.15) is 0 Å². The molecule has 0 amide bonds. The monoisotopic (exact) mass is 326 g/mol. The van der Waals surface area contributed by atoms with E-state index in [1.165, 1.54) is 0 Å². The molecule has 3 nitrogen and oxygen atoms in total. The molecule has 2 N–H and O–H groups in total. The predicted molar refractivity (Wildman–Crippen MR) is 76.2 cm³/mol. The molecule has 5 heteroatoms. The zero-order chi connectivity index (χ0) is 13.0. The van der Waals surface area contributed by atoms with Gasteiger partial charge in [0, 0.05) is 16.2 Å². The van der Waals surface area contributed by atoms with E-state index in [0.717, 1.165) is 16.5 Å². The standard InChI is InChI=1S/C13H12BrClN2O/c14-10-3-4-12(11(15)8-10)18-13-9(5-6-16)2-1-7-17-13/h1-4,7-8H,5-6,16H2. The second-order valence-electron chi connectivity index (χ2n) is 3.68. The highest BCUT2D eigenvalue weighted by atomic mass is 79.9. The number of hydrogen-bond acceptors (Lipinski definition) is 3. The Hall–Kier alpha value is -1.10. The van der Waals surface area contributed by atoms with Crippen LogP contribution in [0.25, 0.3) is 0 Å². The van der Waals surface area contributed by atoms with Gasteiger partial charge in [-0.1, -0.05) is 33.6 Å². The van der Waals surface area contributed by atoms with Gasteiger partial charge < -0.3 is 10.5 Å². The van der Waals surface area contributed by atoms with Crippen LogP contribution in [0.4, 0.5) is 0 Å². The van der Waals surface area contributed by atoms with Crippen molar-refractivity contribution in [3.05, 3.63) is 51.6 Å². The Morgan fingerprint density at radius 3 is 2.89 bits per heavy atom. The van der Waals surface area contributed by atoms with Crippen LogP contribution in [0, 0.1) is 0 Å². The highest BCUT2D eigenvalue weighted by Gasteiger charge is 2.08. The Balaban J connectivity index is 2.28. The molecule has 0 saturated carbocycles. The number of benzene rings is 1. The minimum Gasteiger partial charge on any atom is -0.437 e. The van der Waals surface area contributed by atoms with Gasteiger partial charge in [-0.3, -0.25) is 0 Å². The molecule has 1 aromatic carbocycles. The molecule has 2 aromatic rings. The lowest BCUT2D eigenvalue weighted by atomic mass is 10.2. The van der Waals surface area contributed by atoms with Gasteiger partial charge in [0.25, 0.3) is 0 Å². The van der Waals surface area contributed by atoms with Crippen LogP contribution >= 0.6 is 27.5 Å². The highest BCUT2D eigenvalue weighted by Crippen LogP contribution is 2.32. The van der Waals surface area contributed by atoms with E-state index in [1.807, 2.05) is 18.2 Å². The number of pyridine rings is 1. The number of ether oxygens (including phenoxy) is 1. The maximum atomic E-state index is 6.10. The molecule has 0 unspecified atom stereocenters. The Morgan fingerprint density at radius 1 is 1.33 bits per heavy atom. The van der Waals surface area contributed by atoms with E-state index in [9.17, 15) is 0 Å². The van der Waals surface area contributed by atoms with Crippen molar-refractivity contribution in [2.24, 2.45) is 5.73 Å². The Bertz CT molecular complexity index is 548. The van der Waals surface area contributed by atoms with E-state index in [0.29, 0.717) is 23.2 Å². The van der Waals surface area contributed by atoms with Crippen molar-refractivity contribution in [1.29, 1.82) is 0 Å². The second kappa shape index (κ2) is 6.18. The van der Waals surface area contributed by atoms with Crippen molar-refractivity contribution in [2.45, 2.75) is 6.42 Å². The molecule has 0 bridgehead atoms. The Morgan fingerprint density at radius 2 is 2.17 bits per heavy atom. The summed E-state index contributed by atoms with van der Waals surface area (Å²) in [5.41, 5.74) is 6.53. The number of halogens is 2. The molecule has 0 fully saturated rings. The van der Waals surface area contributed by atoms with Gasteiger partial charge in [0.15, 0.2) is 0 Å².